The van der Waals surface area contributed by atoms with Crippen LogP contribution < -0.4 is 10.9 Å². The first-order valence-corrected chi connectivity index (χ1v) is 8.90. The standard InChI is InChI=1S/C22H14F2N4O2/c23-16-9-8-13(11-17(16)24)21(29)27-28-22(30)15-12-20(19-7-3-4-10-25-19)26-18-6-2-1-5-14(15)18/h1-12H,(H,27,29)(H,28,30). The fourth-order valence-electron chi connectivity index (χ4n) is 2.90. The number of carbonyl (C=O) groups is 2. The molecule has 2 heterocycles. The Kier molecular flexibility index (Phi) is 5.13. The molecule has 0 fully saturated rings. The number of halogens is 2. The predicted molar refractivity (Wildman–Crippen MR) is 106 cm³/mol. The molecule has 0 spiro atoms. The van der Waals surface area contributed by atoms with Crippen LogP contribution in [0.25, 0.3) is 22.3 Å². The van der Waals surface area contributed by atoms with Crippen molar-refractivity contribution in [3.63, 3.8) is 0 Å². The Morgan fingerprint density at radius 3 is 2.30 bits per heavy atom. The Bertz CT molecular complexity index is 1260. The van der Waals surface area contributed by atoms with Crippen LogP contribution in [0.15, 0.2) is 72.9 Å². The molecule has 2 aromatic heterocycles. The number of benzene rings is 2. The number of amides is 2. The smallest absolute Gasteiger partial charge is 0.267 e. The van der Waals surface area contributed by atoms with Gasteiger partial charge in [0.1, 0.15) is 0 Å². The van der Waals surface area contributed by atoms with E-state index in [9.17, 15) is 18.4 Å². The number of rotatable bonds is 3. The molecule has 148 valence electrons. The zero-order valence-corrected chi connectivity index (χ0v) is 15.4. The Morgan fingerprint density at radius 1 is 0.767 bits per heavy atom. The summed E-state index contributed by atoms with van der Waals surface area (Å²) >= 11 is 0. The zero-order chi connectivity index (χ0) is 21.1. The van der Waals surface area contributed by atoms with Crippen molar-refractivity contribution in [2.24, 2.45) is 0 Å². The number of nitrogens with one attached hydrogen (secondary N) is 2. The van der Waals surface area contributed by atoms with E-state index in [1.54, 1.807) is 54.7 Å². The molecular weight excluding hydrogens is 390 g/mol. The van der Waals surface area contributed by atoms with Gasteiger partial charge in [-0.2, -0.15) is 0 Å². The maximum Gasteiger partial charge on any atom is 0.270 e. The lowest BCUT2D eigenvalue weighted by atomic mass is 10.1. The van der Waals surface area contributed by atoms with Gasteiger partial charge in [0.25, 0.3) is 11.8 Å². The summed E-state index contributed by atoms with van der Waals surface area (Å²) in [4.78, 5) is 33.7. The van der Waals surface area contributed by atoms with Crippen molar-refractivity contribution in [2.45, 2.75) is 0 Å². The molecular formula is C22H14F2N4O2. The van der Waals surface area contributed by atoms with Crippen molar-refractivity contribution in [3.8, 4) is 11.4 Å². The van der Waals surface area contributed by atoms with Crippen molar-refractivity contribution in [3.05, 3.63) is 95.7 Å². The SMILES string of the molecule is O=C(NNC(=O)c1cc(-c2ccccn2)nc2ccccc12)c1ccc(F)c(F)c1. The van der Waals surface area contributed by atoms with E-state index in [-0.39, 0.29) is 11.1 Å². The summed E-state index contributed by atoms with van der Waals surface area (Å²) < 4.78 is 26.4. The Labute approximate surface area is 169 Å². The summed E-state index contributed by atoms with van der Waals surface area (Å²) in [6.07, 6.45) is 1.62. The van der Waals surface area contributed by atoms with Crippen molar-refractivity contribution in [1.29, 1.82) is 0 Å². The average molecular weight is 404 g/mol. The third-order valence-corrected chi connectivity index (χ3v) is 4.36. The molecule has 0 saturated heterocycles. The van der Waals surface area contributed by atoms with Crippen LogP contribution in [0.5, 0.6) is 0 Å². The van der Waals surface area contributed by atoms with Crippen LogP contribution in [0.2, 0.25) is 0 Å². The first-order chi connectivity index (χ1) is 14.5. The minimum absolute atomic E-state index is 0.136. The molecule has 0 bridgehead atoms. The highest BCUT2D eigenvalue weighted by Gasteiger charge is 2.16. The summed E-state index contributed by atoms with van der Waals surface area (Å²) in [6, 6.07) is 16.7. The summed E-state index contributed by atoms with van der Waals surface area (Å²) in [5.74, 6) is -3.61. The highest BCUT2D eigenvalue weighted by molar-refractivity contribution is 6.08. The first kappa shape index (κ1) is 19.1. The van der Waals surface area contributed by atoms with Crippen LogP contribution in [-0.2, 0) is 0 Å². The van der Waals surface area contributed by atoms with Gasteiger partial charge in [0.05, 0.1) is 22.5 Å². The van der Waals surface area contributed by atoms with Gasteiger partial charge >= 0.3 is 0 Å². The second-order valence-electron chi connectivity index (χ2n) is 6.32. The van der Waals surface area contributed by atoms with Gasteiger partial charge in [-0.3, -0.25) is 25.4 Å². The number of carbonyl (C=O) groups excluding carboxylic acids is 2. The molecule has 4 aromatic rings. The largest absolute Gasteiger partial charge is 0.270 e. The fourth-order valence-corrected chi connectivity index (χ4v) is 2.90. The highest BCUT2D eigenvalue weighted by atomic mass is 19.2. The minimum Gasteiger partial charge on any atom is -0.267 e. The van der Waals surface area contributed by atoms with Gasteiger partial charge in [0, 0.05) is 17.1 Å². The van der Waals surface area contributed by atoms with Gasteiger partial charge in [0.15, 0.2) is 11.6 Å². The molecule has 2 amide bonds. The van der Waals surface area contributed by atoms with Gasteiger partial charge in [-0.15, -0.1) is 0 Å². The third-order valence-electron chi connectivity index (χ3n) is 4.36. The van der Waals surface area contributed by atoms with E-state index < -0.39 is 23.4 Å². The second-order valence-corrected chi connectivity index (χ2v) is 6.32. The van der Waals surface area contributed by atoms with E-state index in [1.165, 1.54) is 0 Å². The molecule has 8 heteroatoms. The van der Waals surface area contributed by atoms with Gasteiger partial charge in [-0.25, -0.2) is 13.8 Å². The quantitative estimate of drug-likeness (QED) is 0.511. The fraction of sp³-hybridized carbons (Fsp3) is 0. The first-order valence-electron chi connectivity index (χ1n) is 8.90. The van der Waals surface area contributed by atoms with Gasteiger partial charge < -0.3 is 0 Å². The van der Waals surface area contributed by atoms with Crippen LogP contribution in [0.1, 0.15) is 20.7 Å². The van der Waals surface area contributed by atoms with Crippen molar-refractivity contribution >= 4 is 22.7 Å². The number of fused-ring (bicyclic) bond motifs is 1. The average Bonchev–Trinajstić information content (AvgIpc) is 2.78. The lowest BCUT2D eigenvalue weighted by Gasteiger charge is -2.11. The van der Waals surface area contributed by atoms with Crippen LogP contribution in [-0.4, -0.2) is 21.8 Å². The molecule has 0 aliphatic rings. The molecule has 0 aliphatic carbocycles. The lowest BCUT2D eigenvalue weighted by Crippen LogP contribution is -2.41. The molecule has 30 heavy (non-hydrogen) atoms. The van der Waals surface area contributed by atoms with E-state index in [2.05, 4.69) is 20.8 Å². The zero-order valence-electron chi connectivity index (χ0n) is 15.4. The van der Waals surface area contributed by atoms with Crippen LogP contribution in [0.4, 0.5) is 8.78 Å². The molecule has 4 rings (SSSR count). The number of hydrogen-bond donors (Lipinski definition) is 2. The maximum absolute atomic E-state index is 13.3. The monoisotopic (exact) mass is 404 g/mol. The lowest BCUT2D eigenvalue weighted by molar-refractivity contribution is 0.0847. The number of nitrogens with zero attached hydrogens (tertiary/aromatic N) is 2. The molecule has 0 saturated carbocycles. The number of para-hydroxylation sites is 1. The Hall–Kier alpha value is -4.20. The van der Waals surface area contributed by atoms with E-state index in [1.807, 2.05) is 0 Å². The predicted octanol–water partition coefficient (Wildman–Crippen LogP) is 3.65. The third kappa shape index (κ3) is 3.83. The molecule has 6 nitrogen and oxygen atoms in total. The van der Waals surface area contributed by atoms with Crippen LogP contribution in [0, 0.1) is 11.6 Å². The van der Waals surface area contributed by atoms with E-state index in [0.29, 0.717) is 22.3 Å². The molecule has 0 radical (unpaired) electrons. The number of pyridine rings is 2. The number of hydrogen-bond acceptors (Lipinski definition) is 4. The maximum atomic E-state index is 13.3. The van der Waals surface area contributed by atoms with Crippen LogP contribution >= 0.6 is 0 Å². The minimum atomic E-state index is -1.16. The normalized spacial score (nSPS) is 10.6. The van der Waals surface area contributed by atoms with Crippen molar-refractivity contribution < 1.29 is 18.4 Å². The van der Waals surface area contributed by atoms with Gasteiger partial charge in [-0.05, 0) is 42.5 Å². The summed E-state index contributed by atoms with van der Waals surface area (Å²) in [5.41, 5.74) is 6.30. The van der Waals surface area contributed by atoms with E-state index in [4.69, 9.17) is 0 Å². The highest BCUT2D eigenvalue weighted by Crippen LogP contribution is 2.23. The summed E-state index contributed by atoms with van der Waals surface area (Å²) in [5, 5.41) is 0.580. The molecule has 0 aliphatic heterocycles. The number of hydrazine groups is 1. The van der Waals surface area contributed by atoms with Crippen molar-refractivity contribution in [2.75, 3.05) is 0 Å². The topological polar surface area (TPSA) is 84.0 Å². The summed E-state index contributed by atoms with van der Waals surface area (Å²) in [7, 11) is 0. The van der Waals surface area contributed by atoms with Gasteiger partial charge in [0.2, 0.25) is 0 Å². The van der Waals surface area contributed by atoms with Crippen molar-refractivity contribution in [1.82, 2.24) is 20.8 Å². The van der Waals surface area contributed by atoms with E-state index in [0.717, 1.165) is 18.2 Å². The summed E-state index contributed by atoms with van der Waals surface area (Å²) in [6.45, 7) is 0. The molecule has 0 unspecified atom stereocenters. The van der Waals surface area contributed by atoms with E-state index >= 15 is 0 Å². The Balaban J connectivity index is 1.62. The molecule has 2 aromatic carbocycles. The second kappa shape index (κ2) is 8.04. The number of aromatic nitrogens is 2. The molecule has 2 N–H and O–H groups in total. The van der Waals surface area contributed by atoms with Gasteiger partial charge in [-0.1, -0.05) is 24.3 Å². The molecule has 0 atom stereocenters. The Morgan fingerprint density at radius 2 is 1.53 bits per heavy atom. The van der Waals surface area contributed by atoms with Crippen LogP contribution in [0.3, 0.4) is 0 Å².